The molecule has 1 atom stereocenters. The van der Waals surface area contributed by atoms with E-state index in [1.54, 1.807) is 19.1 Å². The van der Waals surface area contributed by atoms with Gasteiger partial charge < -0.3 is 19.7 Å². The SMILES string of the molecule is CCCCNC(=O)[C@@H](Cc1ccccc1)N(Cc1cccc(C)c1)C(=O)CCc1ccc(OC)c(OC)c1. The van der Waals surface area contributed by atoms with Gasteiger partial charge in [-0.15, -0.1) is 0 Å². The first-order chi connectivity index (χ1) is 18.4. The predicted molar refractivity (Wildman–Crippen MR) is 151 cm³/mol. The summed E-state index contributed by atoms with van der Waals surface area (Å²) in [5.74, 6) is 1.10. The van der Waals surface area contributed by atoms with Crippen LogP contribution < -0.4 is 14.8 Å². The van der Waals surface area contributed by atoms with E-state index in [-0.39, 0.29) is 18.2 Å². The molecule has 0 saturated heterocycles. The fourth-order valence-electron chi connectivity index (χ4n) is 4.50. The van der Waals surface area contributed by atoms with Gasteiger partial charge in [0.05, 0.1) is 14.2 Å². The van der Waals surface area contributed by atoms with E-state index in [0.717, 1.165) is 35.1 Å². The molecule has 38 heavy (non-hydrogen) atoms. The van der Waals surface area contributed by atoms with Gasteiger partial charge in [0.1, 0.15) is 6.04 Å². The van der Waals surface area contributed by atoms with Crippen molar-refractivity contribution in [1.82, 2.24) is 10.2 Å². The van der Waals surface area contributed by atoms with Crippen molar-refractivity contribution < 1.29 is 19.1 Å². The monoisotopic (exact) mass is 516 g/mol. The van der Waals surface area contributed by atoms with Crippen molar-refractivity contribution >= 4 is 11.8 Å². The number of methoxy groups -OCH3 is 2. The summed E-state index contributed by atoms with van der Waals surface area (Å²) in [6.07, 6.45) is 3.14. The Morgan fingerprint density at radius 3 is 2.29 bits per heavy atom. The Bertz CT molecular complexity index is 1180. The molecule has 0 radical (unpaired) electrons. The Labute approximate surface area is 227 Å². The normalized spacial score (nSPS) is 11.5. The van der Waals surface area contributed by atoms with Gasteiger partial charge in [-0.25, -0.2) is 0 Å². The number of nitrogens with one attached hydrogen (secondary N) is 1. The van der Waals surface area contributed by atoms with E-state index >= 15 is 0 Å². The number of carbonyl (C=O) groups is 2. The molecular formula is C32H40N2O4. The maximum atomic E-state index is 13.8. The van der Waals surface area contributed by atoms with Crippen molar-refractivity contribution in [1.29, 1.82) is 0 Å². The highest BCUT2D eigenvalue weighted by atomic mass is 16.5. The summed E-state index contributed by atoms with van der Waals surface area (Å²) >= 11 is 0. The zero-order valence-corrected chi connectivity index (χ0v) is 23.0. The lowest BCUT2D eigenvalue weighted by Gasteiger charge is -2.32. The summed E-state index contributed by atoms with van der Waals surface area (Å²) in [5.41, 5.74) is 4.11. The number of carbonyl (C=O) groups excluding carboxylic acids is 2. The number of aryl methyl sites for hydroxylation is 2. The van der Waals surface area contributed by atoms with E-state index in [0.29, 0.717) is 37.4 Å². The van der Waals surface area contributed by atoms with Crippen LogP contribution >= 0.6 is 0 Å². The lowest BCUT2D eigenvalue weighted by atomic mass is 10.0. The molecule has 1 N–H and O–H groups in total. The summed E-state index contributed by atoms with van der Waals surface area (Å²) in [6.45, 7) is 5.09. The molecule has 3 aromatic carbocycles. The van der Waals surface area contributed by atoms with Gasteiger partial charge in [-0.3, -0.25) is 9.59 Å². The second-order valence-corrected chi connectivity index (χ2v) is 9.55. The zero-order chi connectivity index (χ0) is 27.3. The molecule has 0 aromatic heterocycles. The summed E-state index contributed by atoms with van der Waals surface area (Å²) in [4.78, 5) is 29.1. The molecule has 0 bridgehead atoms. The van der Waals surface area contributed by atoms with E-state index in [4.69, 9.17) is 9.47 Å². The van der Waals surface area contributed by atoms with E-state index in [9.17, 15) is 9.59 Å². The maximum Gasteiger partial charge on any atom is 0.243 e. The molecule has 0 heterocycles. The molecule has 202 valence electrons. The van der Waals surface area contributed by atoms with Crippen LogP contribution in [0.25, 0.3) is 0 Å². The van der Waals surface area contributed by atoms with Gasteiger partial charge in [0, 0.05) is 25.9 Å². The highest BCUT2D eigenvalue weighted by Gasteiger charge is 2.30. The van der Waals surface area contributed by atoms with E-state index in [1.165, 1.54) is 0 Å². The minimum absolute atomic E-state index is 0.0622. The first-order valence-electron chi connectivity index (χ1n) is 13.3. The fourth-order valence-corrected chi connectivity index (χ4v) is 4.50. The lowest BCUT2D eigenvalue weighted by molar-refractivity contribution is -0.141. The number of hydrogen-bond acceptors (Lipinski definition) is 4. The molecular weight excluding hydrogens is 476 g/mol. The standard InChI is InChI=1S/C32H40N2O4/c1-5-6-19-33-32(36)28(21-25-12-8-7-9-13-25)34(23-27-14-10-11-24(2)20-27)31(35)18-16-26-15-17-29(37-3)30(22-26)38-4/h7-15,17,20,22,28H,5-6,16,18-19,21,23H2,1-4H3,(H,33,36)/t28-/m1/s1. The minimum atomic E-state index is -0.618. The van der Waals surface area contributed by atoms with Gasteiger partial charge in [-0.05, 0) is 48.6 Å². The molecule has 0 spiro atoms. The zero-order valence-electron chi connectivity index (χ0n) is 23.0. The van der Waals surface area contributed by atoms with Gasteiger partial charge in [0.25, 0.3) is 0 Å². The average Bonchev–Trinajstić information content (AvgIpc) is 2.94. The molecule has 0 fully saturated rings. The number of amides is 2. The van der Waals surface area contributed by atoms with Crippen LogP contribution in [0.15, 0.2) is 72.8 Å². The number of hydrogen-bond donors (Lipinski definition) is 1. The van der Waals surface area contributed by atoms with Gasteiger partial charge in [0.15, 0.2) is 11.5 Å². The van der Waals surface area contributed by atoms with Gasteiger partial charge in [0.2, 0.25) is 11.8 Å². The van der Waals surface area contributed by atoms with Crippen molar-refractivity contribution in [2.24, 2.45) is 0 Å². The van der Waals surface area contributed by atoms with Crippen LogP contribution in [0.3, 0.4) is 0 Å². The molecule has 3 aromatic rings. The molecule has 0 unspecified atom stereocenters. The number of benzene rings is 3. The highest BCUT2D eigenvalue weighted by molar-refractivity contribution is 5.88. The number of rotatable bonds is 14. The molecule has 2 amide bonds. The highest BCUT2D eigenvalue weighted by Crippen LogP contribution is 2.28. The van der Waals surface area contributed by atoms with Crippen molar-refractivity contribution in [2.45, 2.75) is 58.5 Å². The van der Waals surface area contributed by atoms with E-state index in [1.807, 2.05) is 73.7 Å². The van der Waals surface area contributed by atoms with Crippen LogP contribution in [-0.2, 0) is 29.0 Å². The number of nitrogens with zero attached hydrogens (tertiary/aromatic N) is 1. The minimum Gasteiger partial charge on any atom is -0.493 e. The van der Waals surface area contributed by atoms with Crippen LogP contribution in [0, 0.1) is 6.92 Å². The Kier molecular flexibility index (Phi) is 11.2. The second-order valence-electron chi connectivity index (χ2n) is 9.55. The van der Waals surface area contributed by atoms with E-state index in [2.05, 4.69) is 18.3 Å². The topological polar surface area (TPSA) is 67.9 Å². The van der Waals surface area contributed by atoms with Crippen LogP contribution in [0.5, 0.6) is 11.5 Å². The largest absolute Gasteiger partial charge is 0.493 e. The molecule has 3 rings (SSSR count). The van der Waals surface area contributed by atoms with Crippen molar-refractivity contribution in [3.05, 3.63) is 95.1 Å². The Balaban J connectivity index is 1.89. The Morgan fingerprint density at radius 1 is 0.868 bits per heavy atom. The third-order valence-electron chi connectivity index (χ3n) is 6.61. The molecule has 6 nitrogen and oxygen atoms in total. The summed E-state index contributed by atoms with van der Waals surface area (Å²) < 4.78 is 10.8. The van der Waals surface area contributed by atoms with Gasteiger partial charge >= 0.3 is 0 Å². The van der Waals surface area contributed by atoms with Crippen LogP contribution in [0.1, 0.15) is 48.4 Å². The quantitative estimate of drug-likeness (QED) is 0.287. The number of ether oxygens (including phenoxy) is 2. The average molecular weight is 517 g/mol. The first-order valence-corrected chi connectivity index (χ1v) is 13.3. The fraction of sp³-hybridized carbons (Fsp3) is 0.375. The summed E-state index contributed by atoms with van der Waals surface area (Å²) in [6, 6.07) is 23.1. The first kappa shape index (κ1) is 28.8. The molecule has 0 aliphatic rings. The molecule has 0 aliphatic carbocycles. The summed E-state index contributed by atoms with van der Waals surface area (Å²) in [7, 11) is 3.20. The smallest absolute Gasteiger partial charge is 0.243 e. The third kappa shape index (κ3) is 8.37. The van der Waals surface area contributed by atoms with E-state index < -0.39 is 6.04 Å². The maximum absolute atomic E-state index is 13.8. The number of unbranched alkanes of at least 4 members (excludes halogenated alkanes) is 1. The Hall–Kier alpha value is -3.80. The predicted octanol–water partition coefficient (Wildman–Crippen LogP) is 5.50. The van der Waals surface area contributed by atoms with Crippen molar-refractivity contribution in [3.63, 3.8) is 0 Å². The van der Waals surface area contributed by atoms with Gasteiger partial charge in [-0.1, -0.05) is 79.6 Å². The van der Waals surface area contributed by atoms with Crippen LogP contribution in [0.4, 0.5) is 0 Å². The molecule has 0 aliphatic heterocycles. The molecule has 0 saturated carbocycles. The van der Waals surface area contributed by atoms with Crippen LogP contribution in [0.2, 0.25) is 0 Å². The Morgan fingerprint density at radius 2 is 1.61 bits per heavy atom. The lowest BCUT2D eigenvalue weighted by Crippen LogP contribution is -2.50. The third-order valence-corrected chi connectivity index (χ3v) is 6.61. The van der Waals surface area contributed by atoms with Crippen LogP contribution in [-0.4, -0.2) is 43.5 Å². The second kappa shape index (κ2) is 14.8. The molecule has 6 heteroatoms. The van der Waals surface area contributed by atoms with Crippen molar-refractivity contribution in [2.75, 3.05) is 20.8 Å². The van der Waals surface area contributed by atoms with Gasteiger partial charge in [-0.2, -0.15) is 0 Å². The van der Waals surface area contributed by atoms with Crippen molar-refractivity contribution in [3.8, 4) is 11.5 Å². The summed E-state index contributed by atoms with van der Waals surface area (Å²) in [5, 5.41) is 3.07.